The molecule has 4 nitrogen and oxygen atoms in total. The lowest BCUT2D eigenvalue weighted by molar-refractivity contribution is -0.112. The Bertz CT molecular complexity index is 477. The number of Topliss-reactive ketones (excluding diaryl/α,β-unsaturated/α-hetero) is 1. The van der Waals surface area contributed by atoms with Crippen LogP contribution in [0.5, 0.6) is 5.75 Å². The Morgan fingerprint density at radius 1 is 1.27 bits per heavy atom. The molecule has 1 N–H and O–H groups in total. The zero-order chi connectivity index (χ0) is 11.2. The molecule has 0 radical (unpaired) electrons. The summed E-state index contributed by atoms with van der Waals surface area (Å²) in [6.45, 7) is 3.78. The van der Waals surface area contributed by atoms with E-state index in [1.807, 2.05) is 13.8 Å². The van der Waals surface area contributed by atoms with Gasteiger partial charge in [0.15, 0.2) is 0 Å². The van der Waals surface area contributed by atoms with E-state index in [0.717, 1.165) is 11.1 Å². The van der Waals surface area contributed by atoms with Crippen LogP contribution in [0.4, 0.5) is 5.69 Å². The first-order valence-corrected chi connectivity index (χ1v) is 4.60. The molecule has 0 saturated heterocycles. The van der Waals surface area contributed by atoms with Gasteiger partial charge in [0.25, 0.3) is 11.7 Å². The number of carbonyl (C=O) groups excluding carboxylic acids is 2. The van der Waals surface area contributed by atoms with E-state index in [4.69, 9.17) is 4.74 Å². The van der Waals surface area contributed by atoms with Gasteiger partial charge >= 0.3 is 0 Å². The number of amides is 1. The van der Waals surface area contributed by atoms with Gasteiger partial charge in [-0.25, -0.2) is 0 Å². The second-order valence-corrected chi connectivity index (χ2v) is 3.56. The Hall–Kier alpha value is -1.84. The summed E-state index contributed by atoms with van der Waals surface area (Å²) in [5.74, 6) is -0.510. The quantitative estimate of drug-likeness (QED) is 0.706. The first-order chi connectivity index (χ1) is 7.06. The number of fused-ring (bicyclic) bond motifs is 1. The highest BCUT2D eigenvalue weighted by Gasteiger charge is 2.31. The van der Waals surface area contributed by atoms with E-state index < -0.39 is 11.7 Å². The third kappa shape index (κ3) is 1.21. The third-order valence-electron chi connectivity index (χ3n) is 2.68. The molecule has 0 aliphatic carbocycles. The molecule has 0 bridgehead atoms. The van der Waals surface area contributed by atoms with Crippen LogP contribution in [0.25, 0.3) is 0 Å². The molecule has 1 heterocycles. The Morgan fingerprint density at radius 2 is 1.93 bits per heavy atom. The Morgan fingerprint density at radius 3 is 2.53 bits per heavy atom. The summed E-state index contributed by atoms with van der Waals surface area (Å²) in [7, 11) is 1.52. The van der Waals surface area contributed by atoms with Gasteiger partial charge in [-0.2, -0.15) is 0 Å². The Kier molecular flexibility index (Phi) is 2.00. The average molecular weight is 205 g/mol. The normalized spacial score (nSPS) is 13.8. The summed E-state index contributed by atoms with van der Waals surface area (Å²) in [6, 6.07) is 1.72. The molecule has 0 aromatic heterocycles. The predicted molar refractivity (Wildman–Crippen MR) is 55.4 cm³/mol. The van der Waals surface area contributed by atoms with Crippen molar-refractivity contribution in [2.45, 2.75) is 13.8 Å². The maximum absolute atomic E-state index is 11.5. The molecule has 0 unspecified atom stereocenters. The summed E-state index contributed by atoms with van der Waals surface area (Å²) < 4.78 is 5.20. The van der Waals surface area contributed by atoms with Crippen LogP contribution in [0, 0.1) is 13.8 Å². The predicted octanol–water partition coefficient (Wildman–Crippen LogP) is 1.45. The fourth-order valence-electron chi connectivity index (χ4n) is 1.74. The van der Waals surface area contributed by atoms with Crippen molar-refractivity contribution in [3.8, 4) is 5.75 Å². The maximum Gasteiger partial charge on any atom is 0.296 e. The highest BCUT2D eigenvalue weighted by molar-refractivity contribution is 6.52. The van der Waals surface area contributed by atoms with Crippen molar-refractivity contribution in [3.05, 3.63) is 22.8 Å². The number of nitrogens with one attached hydrogen (secondary N) is 1. The molecule has 1 aromatic rings. The Balaban J connectivity index is 2.74. The molecule has 1 aliphatic rings. The van der Waals surface area contributed by atoms with Gasteiger partial charge in [-0.1, -0.05) is 0 Å². The van der Waals surface area contributed by atoms with E-state index in [2.05, 4.69) is 5.32 Å². The van der Waals surface area contributed by atoms with E-state index in [-0.39, 0.29) is 0 Å². The maximum atomic E-state index is 11.5. The van der Waals surface area contributed by atoms with Crippen LogP contribution in [0.2, 0.25) is 0 Å². The number of ether oxygens (including phenoxy) is 1. The van der Waals surface area contributed by atoms with Crippen LogP contribution in [0.15, 0.2) is 6.07 Å². The number of anilines is 1. The fraction of sp³-hybridized carbons (Fsp3) is 0.273. The number of carbonyl (C=O) groups is 2. The van der Waals surface area contributed by atoms with E-state index >= 15 is 0 Å². The molecule has 1 amide bonds. The lowest BCUT2D eigenvalue weighted by Crippen LogP contribution is -2.12. The summed E-state index contributed by atoms with van der Waals surface area (Å²) in [4.78, 5) is 22.7. The van der Waals surface area contributed by atoms with Crippen molar-refractivity contribution in [3.63, 3.8) is 0 Å². The fourth-order valence-corrected chi connectivity index (χ4v) is 1.74. The number of methoxy groups -OCH3 is 1. The summed E-state index contributed by atoms with van der Waals surface area (Å²) in [5, 5.41) is 2.52. The second kappa shape index (κ2) is 3.08. The minimum atomic E-state index is -0.590. The number of aryl methyl sites for hydroxylation is 1. The minimum Gasteiger partial charge on any atom is -0.494 e. The van der Waals surface area contributed by atoms with Crippen molar-refractivity contribution in [1.82, 2.24) is 0 Å². The molecule has 1 aromatic carbocycles. The van der Waals surface area contributed by atoms with Gasteiger partial charge < -0.3 is 10.1 Å². The number of benzene rings is 1. The van der Waals surface area contributed by atoms with E-state index in [1.54, 1.807) is 6.07 Å². The molecule has 0 spiro atoms. The van der Waals surface area contributed by atoms with Gasteiger partial charge in [0.2, 0.25) is 0 Å². The lowest BCUT2D eigenvalue weighted by Gasteiger charge is -2.11. The smallest absolute Gasteiger partial charge is 0.296 e. The van der Waals surface area contributed by atoms with Crippen molar-refractivity contribution >= 4 is 17.4 Å². The SMILES string of the molecule is COc1c(C)c(C)cc2c1NC(=O)C2=O. The van der Waals surface area contributed by atoms with Crippen LogP contribution < -0.4 is 10.1 Å². The molecule has 2 rings (SSSR count). The van der Waals surface area contributed by atoms with Crippen LogP contribution in [0.1, 0.15) is 21.5 Å². The van der Waals surface area contributed by atoms with Gasteiger partial charge in [0.1, 0.15) is 5.75 Å². The summed E-state index contributed by atoms with van der Waals surface area (Å²) in [5.41, 5.74) is 2.78. The minimum absolute atomic E-state index is 0.403. The zero-order valence-electron chi connectivity index (χ0n) is 8.80. The summed E-state index contributed by atoms with van der Waals surface area (Å²) >= 11 is 0. The standard InChI is InChI=1S/C11H11NO3/c1-5-4-7-8(10(15-3)6(5)2)12-11(14)9(7)13/h4H,1-3H3,(H,12,13,14). The molecular weight excluding hydrogens is 194 g/mol. The second-order valence-electron chi connectivity index (χ2n) is 3.56. The molecule has 4 heteroatoms. The number of ketones is 1. The van der Waals surface area contributed by atoms with Crippen molar-refractivity contribution in [2.24, 2.45) is 0 Å². The number of rotatable bonds is 1. The number of hydrogen-bond donors (Lipinski definition) is 1. The van der Waals surface area contributed by atoms with E-state index in [1.165, 1.54) is 7.11 Å². The first kappa shape index (κ1) is 9.71. The lowest BCUT2D eigenvalue weighted by atomic mass is 10.0. The summed E-state index contributed by atoms with van der Waals surface area (Å²) in [6.07, 6.45) is 0. The van der Waals surface area contributed by atoms with Gasteiger partial charge in [-0.3, -0.25) is 9.59 Å². The van der Waals surface area contributed by atoms with E-state index in [9.17, 15) is 9.59 Å². The van der Waals surface area contributed by atoms with Gasteiger partial charge in [-0.15, -0.1) is 0 Å². The molecule has 0 atom stereocenters. The average Bonchev–Trinajstić information content (AvgIpc) is 2.47. The van der Waals surface area contributed by atoms with Crippen LogP contribution in [-0.4, -0.2) is 18.8 Å². The molecule has 1 aliphatic heterocycles. The molecular formula is C11H11NO3. The van der Waals surface area contributed by atoms with Crippen LogP contribution in [0.3, 0.4) is 0 Å². The molecule has 0 fully saturated rings. The molecule has 78 valence electrons. The highest BCUT2D eigenvalue weighted by Crippen LogP contribution is 2.37. The molecule has 15 heavy (non-hydrogen) atoms. The molecule has 0 saturated carbocycles. The Labute approximate surface area is 87.2 Å². The van der Waals surface area contributed by atoms with Crippen molar-refractivity contribution < 1.29 is 14.3 Å². The van der Waals surface area contributed by atoms with Crippen molar-refractivity contribution in [2.75, 3.05) is 12.4 Å². The third-order valence-corrected chi connectivity index (χ3v) is 2.68. The van der Waals surface area contributed by atoms with Gasteiger partial charge in [0.05, 0.1) is 18.4 Å². The number of hydrogen-bond acceptors (Lipinski definition) is 3. The van der Waals surface area contributed by atoms with Gasteiger partial charge in [0, 0.05) is 0 Å². The van der Waals surface area contributed by atoms with Crippen LogP contribution >= 0.6 is 0 Å². The van der Waals surface area contributed by atoms with E-state index in [0.29, 0.717) is 17.0 Å². The monoisotopic (exact) mass is 205 g/mol. The van der Waals surface area contributed by atoms with Crippen molar-refractivity contribution in [1.29, 1.82) is 0 Å². The first-order valence-electron chi connectivity index (χ1n) is 4.60. The topological polar surface area (TPSA) is 55.4 Å². The van der Waals surface area contributed by atoms with Crippen LogP contribution in [-0.2, 0) is 4.79 Å². The highest BCUT2D eigenvalue weighted by atomic mass is 16.5. The largest absolute Gasteiger partial charge is 0.494 e. The van der Waals surface area contributed by atoms with Gasteiger partial charge in [-0.05, 0) is 31.0 Å². The zero-order valence-corrected chi connectivity index (χ0v) is 8.80.